The minimum absolute atomic E-state index is 0.0308. The summed E-state index contributed by atoms with van der Waals surface area (Å²) >= 11 is 7.58. The number of likely N-dealkylation sites (N-methyl/N-ethyl adjacent to an activating group) is 1. The SMILES string of the molecule is CS[C@@H]1CN(c2ncc(Cl)cc2[N+](=O)[O-])C[C@@H]1N(C)C. The molecule has 1 saturated heterocycles. The van der Waals surface area contributed by atoms with E-state index in [9.17, 15) is 10.1 Å². The van der Waals surface area contributed by atoms with Gasteiger partial charge in [-0.1, -0.05) is 11.6 Å². The number of pyridine rings is 1. The van der Waals surface area contributed by atoms with Gasteiger partial charge in [-0.05, 0) is 20.4 Å². The van der Waals surface area contributed by atoms with Crippen LogP contribution in [0.15, 0.2) is 12.3 Å². The Hall–Kier alpha value is -1.05. The van der Waals surface area contributed by atoms with Crippen molar-refractivity contribution in [3.63, 3.8) is 0 Å². The van der Waals surface area contributed by atoms with Crippen LogP contribution in [0.25, 0.3) is 0 Å². The maximum Gasteiger partial charge on any atom is 0.313 e. The Bertz CT molecular complexity index is 514. The van der Waals surface area contributed by atoms with Crippen molar-refractivity contribution in [2.45, 2.75) is 11.3 Å². The monoisotopic (exact) mass is 316 g/mol. The van der Waals surface area contributed by atoms with Gasteiger partial charge < -0.3 is 9.80 Å². The third-order valence-corrected chi connectivity index (χ3v) is 4.79. The van der Waals surface area contributed by atoms with Crippen LogP contribution in [0.5, 0.6) is 0 Å². The van der Waals surface area contributed by atoms with Gasteiger partial charge in [-0.2, -0.15) is 11.8 Å². The fourth-order valence-electron chi connectivity index (χ4n) is 2.46. The van der Waals surface area contributed by atoms with Crippen LogP contribution in [0.4, 0.5) is 11.5 Å². The first-order valence-electron chi connectivity index (χ1n) is 6.18. The molecule has 0 spiro atoms. The predicted molar refractivity (Wildman–Crippen MR) is 82.9 cm³/mol. The van der Waals surface area contributed by atoms with Crippen LogP contribution in [-0.2, 0) is 0 Å². The van der Waals surface area contributed by atoms with Crippen molar-refractivity contribution in [2.24, 2.45) is 0 Å². The summed E-state index contributed by atoms with van der Waals surface area (Å²) in [6.07, 6.45) is 3.52. The number of thioether (sulfide) groups is 1. The lowest BCUT2D eigenvalue weighted by atomic mass is 10.2. The van der Waals surface area contributed by atoms with E-state index in [0.717, 1.165) is 13.1 Å². The molecule has 0 radical (unpaired) electrons. The topological polar surface area (TPSA) is 62.5 Å². The van der Waals surface area contributed by atoms with E-state index in [4.69, 9.17) is 11.6 Å². The average molecular weight is 317 g/mol. The summed E-state index contributed by atoms with van der Waals surface area (Å²) in [5.74, 6) is 0.405. The zero-order valence-electron chi connectivity index (χ0n) is 11.6. The highest BCUT2D eigenvalue weighted by Crippen LogP contribution is 2.33. The Morgan fingerprint density at radius 1 is 1.55 bits per heavy atom. The number of rotatable bonds is 4. The van der Waals surface area contributed by atoms with Gasteiger partial charge in [0.2, 0.25) is 5.82 Å². The summed E-state index contributed by atoms with van der Waals surface area (Å²) in [7, 11) is 4.06. The molecule has 0 aliphatic carbocycles. The Morgan fingerprint density at radius 3 is 2.75 bits per heavy atom. The van der Waals surface area contributed by atoms with E-state index >= 15 is 0 Å². The van der Waals surface area contributed by atoms with Crippen molar-refractivity contribution in [1.29, 1.82) is 0 Å². The van der Waals surface area contributed by atoms with Gasteiger partial charge >= 0.3 is 5.69 Å². The number of halogens is 1. The molecule has 0 bridgehead atoms. The highest BCUT2D eigenvalue weighted by molar-refractivity contribution is 7.99. The summed E-state index contributed by atoms with van der Waals surface area (Å²) in [5.41, 5.74) is -0.0308. The van der Waals surface area contributed by atoms with Crippen molar-refractivity contribution < 1.29 is 4.92 Å². The normalized spacial score (nSPS) is 22.6. The fourth-order valence-corrected chi connectivity index (χ4v) is 3.58. The van der Waals surface area contributed by atoms with Crippen molar-refractivity contribution >= 4 is 34.9 Å². The maximum absolute atomic E-state index is 11.2. The molecule has 0 aromatic carbocycles. The Balaban J connectivity index is 2.31. The van der Waals surface area contributed by atoms with Crippen LogP contribution >= 0.6 is 23.4 Å². The first-order valence-corrected chi connectivity index (χ1v) is 7.84. The molecule has 8 heteroatoms. The number of anilines is 1. The number of hydrogen-bond acceptors (Lipinski definition) is 6. The minimum Gasteiger partial charge on any atom is -0.348 e. The second-order valence-electron chi connectivity index (χ2n) is 4.96. The number of hydrogen-bond donors (Lipinski definition) is 0. The van der Waals surface area contributed by atoms with Crippen LogP contribution in [-0.4, -0.2) is 59.5 Å². The average Bonchev–Trinajstić information content (AvgIpc) is 2.82. The largest absolute Gasteiger partial charge is 0.348 e. The van der Waals surface area contributed by atoms with Gasteiger partial charge in [0.05, 0.1) is 9.95 Å². The maximum atomic E-state index is 11.2. The molecule has 0 saturated carbocycles. The summed E-state index contributed by atoms with van der Waals surface area (Å²) in [5, 5.41) is 11.8. The molecule has 1 aliphatic heterocycles. The van der Waals surface area contributed by atoms with Crippen LogP contribution in [0.2, 0.25) is 5.02 Å². The van der Waals surface area contributed by atoms with E-state index in [1.807, 2.05) is 19.0 Å². The smallest absolute Gasteiger partial charge is 0.313 e. The predicted octanol–water partition coefficient (Wildman–Crippen LogP) is 2.12. The van der Waals surface area contributed by atoms with Gasteiger partial charge in [-0.3, -0.25) is 10.1 Å². The van der Waals surface area contributed by atoms with Crippen LogP contribution in [0.3, 0.4) is 0 Å². The van der Waals surface area contributed by atoms with E-state index in [-0.39, 0.29) is 10.7 Å². The Morgan fingerprint density at radius 2 is 2.25 bits per heavy atom. The van der Waals surface area contributed by atoms with E-state index in [1.54, 1.807) is 11.8 Å². The molecule has 2 rings (SSSR count). The molecule has 20 heavy (non-hydrogen) atoms. The first kappa shape index (κ1) is 15.3. The zero-order valence-corrected chi connectivity index (χ0v) is 13.2. The summed E-state index contributed by atoms with van der Waals surface area (Å²) in [4.78, 5) is 19.0. The molecule has 6 nitrogen and oxygen atoms in total. The fraction of sp³-hybridized carbons (Fsp3) is 0.583. The molecule has 1 aromatic rings. The van der Waals surface area contributed by atoms with Crippen molar-refractivity contribution in [3.8, 4) is 0 Å². The zero-order chi connectivity index (χ0) is 14.9. The second kappa shape index (κ2) is 6.15. The molecular formula is C12H17ClN4O2S. The molecule has 1 fully saturated rings. The van der Waals surface area contributed by atoms with Crippen molar-refractivity contribution in [1.82, 2.24) is 9.88 Å². The van der Waals surface area contributed by atoms with Gasteiger partial charge in [-0.25, -0.2) is 4.98 Å². The summed E-state index contributed by atoms with van der Waals surface area (Å²) in [6, 6.07) is 1.71. The highest BCUT2D eigenvalue weighted by Gasteiger charge is 2.36. The van der Waals surface area contributed by atoms with Crippen molar-refractivity contribution in [3.05, 3.63) is 27.4 Å². The number of nitro groups is 1. The standard InChI is InChI=1S/C12H17ClN4O2S/c1-15(2)10-6-16(7-11(10)20-3)12-9(17(18)19)4-8(13)5-14-12/h4-5,10-11H,6-7H2,1-3H3/t10-,11+/m0/s1. The van der Waals surface area contributed by atoms with Gasteiger partial charge in [0.25, 0.3) is 0 Å². The molecule has 0 N–H and O–H groups in total. The number of aromatic nitrogens is 1. The molecule has 1 aliphatic rings. The molecule has 2 atom stereocenters. The van der Waals surface area contributed by atoms with Gasteiger partial charge in [0.15, 0.2) is 0 Å². The molecule has 0 amide bonds. The lowest BCUT2D eigenvalue weighted by Crippen LogP contribution is -2.36. The molecule has 0 unspecified atom stereocenters. The van der Waals surface area contributed by atoms with Gasteiger partial charge in [0, 0.05) is 36.6 Å². The first-order chi connectivity index (χ1) is 9.43. The molecule has 2 heterocycles. The Labute approximate surface area is 127 Å². The quantitative estimate of drug-likeness (QED) is 0.626. The van der Waals surface area contributed by atoms with E-state index in [1.165, 1.54) is 12.3 Å². The third-order valence-electron chi connectivity index (χ3n) is 3.51. The highest BCUT2D eigenvalue weighted by atomic mass is 35.5. The van der Waals surface area contributed by atoms with Crippen LogP contribution < -0.4 is 4.90 Å². The van der Waals surface area contributed by atoms with E-state index < -0.39 is 4.92 Å². The van der Waals surface area contributed by atoms with Crippen molar-refractivity contribution in [2.75, 3.05) is 38.3 Å². The van der Waals surface area contributed by atoms with E-state index in [0.29, 0.717) is 17.1 Å². The van der Waals surface area contributed by atoms with Crippen LogP contribution in [0, 0.1) is 10.1 Å². The lowest BCUT2D eigenvalue weighted by molar-refractivity contribution is -0.384. The lowest BCUT2D eigenvalue weighted by Gasteiger charge is -2.23. The summed E-state index contributed by atoms with van der Waals surface area (Å²) in [6.45, 7) is 1.48. The molecular weight excluding hydrogens is 300 g/mol. The van der Waals surface area contributed by atoms with Gasteiger partial charge in [-0.15, -0.1) is 0 Å². The van der Waals surface area contributed by atoms with E-state index in [2.05, 4.69) is 16.1 Å². The summed E-state index contributed by atoms with van der Waals surface area (Å²) < 4.78 is 0. The van der Waals surface area contributed by atoms with Gasteiger partial charge in [0.1, 0.15) is 0 Å². The third kappa shape index (κ3) is 2.99. The number of nitrogens with zero attached hydrogens (tertiary/aromatic N) is 4. The minimum atomic E-state index is -0.425. The molecule has 110 valence electrons. The van der Waals surface area contributed by atoms with Crippen LogP contribution in [0.1, 0.15) is 0 Å². The molecule has 1 aromatic heterocycles. The second-order valence-corrected chi connectivity index (χ2v) is 6.48. The Kier molecular flexibility index (Phi) is 4.72.